The Morgan fingerprint density at radius 1 is 1.44 bits per heavy atom. The van der Waals surface area contributed by atoms with Gasteiger partial charge in [0.25, 0.3) is 0 Å². The molecule has 1 rings (SSSR count). The molecule has 0 aliphatic heterocycles. The minimum Gasteiger partial charge on any atom is -0.397 e. The fourth-order valence-electron chi connectivity index (χ4n) is 1.15. The lowest BCUT2D eigenvalue weighted by Gasteiger charge is -2.17. The molecule has 0 fully saturated rings. The summed E-state index contributed by atoms with van der Waals surface area (Å²) in [4.78, 5) is 11.7. The van der Waals surface area contributed by atoms with Gasteiger partial charge in [0.05, 0.1) is 10.7 Å². The number of carbonyl (C=O) groups excluding carboxylic acids is 1. The van der Waals surface area contributed by atoms with Crippen molar-refractivity contribution in [2.75, 3.05) is 16.8 Å². The maximum atomic E-state index is 11.8. The smallest absolute Gasteiger partial charge is 0.237 e. The van der Waals surface area contributed by atoms with Crippen LogP contribution in [0.3, 0.4) is 0 Å². The monoisotopic (exact) mass is 288 g/mol. The van der Waals surface area contributed by atoms with Crippen LogP contribution in [0.4, 0.5) is 11.4 Å². The molecule has 1 unspecified atom stereocenters. The average Bonchev–Trinajstić information content (AvgIpc) is 2.22. The van der Waals surface area contributed by atoms with E-state index in [1.54, 1.807) is 18.2 Å². The molecule has 0 spiro atoms. The first-order valence-corrected chi connectivity index (χ1v) is 7.13. The lowest BCUT2D eigenvalue weighted by atomic mass is 10.3. The molecular weight excluding hydrogens is 272 g/mol. The fraction of sp³-hybridized carbons (Fsp3) is 0.417. The fourth-order valence-corrected chi connectivity index (χ4v) is 2.02. The molecule has 0 saturated carbocycles. The van der Waals surface area contributed by atoms with Crippen molar-refractivity contribution in [1.82, 2.24) is 0 Å². The number of rotatable bonds is 3. The molecule has 1 amide bonds. The molecule has 0 aliphatic rings. The molecule has 4 nitrogen and oxygen atoms in total. The standard InChI is InChI=1S/C12H17ClN2O2S/c1-12(2,3)18(17)7-11(16)15-8-4-5-9(13)10(14)6-8/h4-6H,7,14H2,1-3H3,(H,15,16). The Bertz CT molecular complexity index is 483. The van der Waals surface area contributed by atoms with Crippen LogP contribution in [-0.2, 0) is 15.6 Å². The first-order chi connectivity index (χ1) is 8.20. The summed E-state index contributed by atoms with van der Waals surface area (Å²) >= 11 is 5.78. The van der Waals surface area contributed by atoms with Gasteiger partial charge in [-0.25, -0.2) is 0 Å². The van der Waals surface area contributed by atoms with Gasteiger partial charge in [0.2, 0.25) is 5.91 Å². The number of nitrogens with one attached hydrogen (secondary N) is 1. The predicted octanol–water partition coefficient (Wildman–Crippen LogP) is 2.41. The molecule has 1 atom stereocenters. The van der Waals surface area contributed by atoms with Gasteiger partial charge in [-0.2, -0.15) is 0 Å². The Morgan fingerprint density at radius 3 is 2.56 bits per heavy atom. The summed E-state index contributed by atoms with van der Waals surface area (Å²) < 4.78 is 11.4. The number of anilines is 2. The van der Waals surface area contributed by atoms with Crippen LogP contribution in [0.2, 0.25) is 5.02 Å². The highest BCUT2D eigenvalue weighted by atomic mass is 35.5. The third kappa shape index (κ3) is 4.31. The Hall–Kier alpha value is -1.07. The Kier molecular flexibility index (Phi) is 4.76. The number of carbonyl (C=O) groups is 1. The van der Waals surface area contributed by atoms with Crippen LogP contribution in [-0.4, -0.2) is 20.6 Å². The van der Waals surface area contributed by atoms with Crippen molar-refractivity contribution in [2.45, 2.75) is 25.5 Å². The predicted molar refractivity (Wildman–Crippen MR) is 77.3 cm³/mol. The summed E-state index contributed by atoms with van der Waals surface area (Å²) in [6.45, 7) is 5.49. The maximum absolute atomic E-state index is 11.8. The van der Waals surface area contributed by atoms with E-state index in [-0.39, 0.29) is 11.7 Å². The van der Waals surface area contributed by atoms with Crippen molar-refractivity contribution in [2.24, 2.45) is 0 Å². The Balaban J connectivity index is 2.65. The van der Waals surface area contributed by atoms with Gasteiger partial charge < -0.3 is 11.1 Å². The number of nitrogens with two attached hydrogens (primary N) is 1. The lowest BCUT2D eigenvalue weighted by Crippen LogP contribution is -2.30. The molecule has 0 bridgehead atoms. The molecule has 0 radical (unpaired) electrons. The molecule has 0 aliphatic carbocycles. The third-order valence-electron chi connectivity index (χ3n) is 2.22. The highest BCUT2D eigenvalue weighted by Crippen LogP contribution is 2.22. The maximum Gasteiger partial charge on any atom is 0.237 e. The van der Waals surface area contributed by atoms with Crippen LogP contribution in [0.25, 0.3) is 0 Å². The van der Waals surface area contributed by atoms with Gasteiger partial charge in [-0.3, -0.25) is 9.00 Å². The second-order valence-corrected chi connectivity index (χ2v) is 7.50. The van der Waals surface area contributed by atoms with Crippen LogP contribution in [0, 0.1) is 0 Å². The zero-order chi connectivity index (χ0) is 13.9. The normalized spacial score (nSPS) is 13.1. The summed E-state index contributed by atoms with van der Waals surface area (Å²) in [5.74, 6) is -0.337. The molecule has 1 aromatic rings. The van der Waals surface area contributed by atoms with Crippen molar-refractivity contribution in [3.05, 3.63) is 23.2 Å². The van der Waals surface area contributed by atoms with E-state index in [0.29, 0.717) is 16.4 Å². The number of benzene rings is 1. The number of amides is 1. The zero-order valence-corrected chi connectivity index (χ0v) is 12.2. The van der Waals surface area contributed by atoms with Crippen LogP contribution in [0.5, 0.6) is 0 Å². The Labute approximate surface area is 114 Å². The third-order valence-corrected chi connectivity index (χ3v) is 4.46. The van der Waals surface area contributed by atoms with E-state index < -0.39 is 15.5 Å². The molecule has 6 heteroatoms. The van der Waals surface area contributed by atoms with E-state index in [4.69, 9.17) is 17.3 Å². The quantitative estimate of drug-likeness (QED) is 0.839. The largest absolute Gasteiger partial charge is 0.397 e. The van der Waals surface area contributed by atoms with Crippen LogP contribution in [0.1, 0.15) is 20.8 Å². The van der Waals surface area contributed by atoms with E-state index in [1.165, 1.54) is 0 Å². The van der Waals surface area contributed by atoms with Gasteiger partial charge in [-0.15, -0.1) is 0 Å². The Morgan fingerprint density at radius 2 is 2.06 bits per heavy atom. The van der Waals surface area contributed by atoms with Crippen molar-refractivity contribution in [3.8, 4) is 0 Å². The molecule has 0 saturated heterocycles. The number of hydrogen-bond donors (Lipinski definition) is 2. The summed E-state index contributed by atoms with van der Waals surface area (Å²) in [5, 5.41) is 3.08. The summed E-state index contributed by atoms with van der Waals surface area (Å²) in [6, 6.07) is 4.82. The highest BCUT2D eigenvalue weighted by molar-refractivity contribution is 7.87. The lowest BCUT2D eigenvalue weighted by molar-refractivity contribution is -0.113. The second kappa shape index (κ2) is 5.71. The van der Waals surface area contributed by atoms with Gasteiger partial charge in [0.15, 0.2) is 0 Å². The van der Waals surface area contributed by atoms with Crippen molar-refractivity contribution in [1.29, 1.82) is 0 Å². The van der Waals surface area contributed by atoms with E-state index in [9.17, 15) is 9.00 Å². The number of halogens is 1. The zero-order valence-electron chi connectivity index (χ0n) is 10.6. The van der Waals surface area contributed by atoms with Gasteiger partial charge in [-0.1, -0.05) is 11.6 Å². The van der Waals surface area contributed by atoms with Crippen LogP contribution >= 0.6 is 11.6 Å². The molecule has 0 heterocycles. The van der Waals surface area contributed by atoms with Crippen LogP contribution < -0.4 is 11.1 Å². The minimum absolute atomic E-state index is 0.0357. The van der Waals surface area contributed by atoms with E-state index in [0.717, 1.165) is 0 Å². The topological polar surface area (TPSA) is 72.2 Å². The van der Waals surface area contributed by atoms with Gasteiger partial charge >= 0.3 is 0 Å². The molecule has 18 heavy (non-hydrogen) atoms. The number of hydrogen-bond acceptors (Lipinski definition) is 3. The van der Waals surface area contributed by atoms with E-state index >= 15 is 0 Å². The van der Waals surface area contributed by atoms with Gasteiger partial charge in [0.1, 0.15) is 5.75 Å². The van der Waals surface area contributed by atoms with Crippen LogP contribution in [0.15, 0.2) is 18.2 Å². The van der Waals surface area contributed by atoms with E-state index in [1.807, 2.05) is 20.8 Å². The summed E-state index contributed by atoms with van der Waals surface area (Å²) in [6.07, 6.45) is 0. The molecule has 1 aromatic carbocycles. The molecular formula is C12H17ClN2O2S. The second-order valence-electron chi connectivity index (χ2n) is 4.89. The molecule has 3 N–H and O–H groups in total. The van der Waals surface area contributed by atoms with Gasteiger partial charge in [0, 0.05) is 21.2 Å². The van der Waals surface area contributed by atoms with Gasteiger partial charge in [-0.05, 0) is 39.0 Å². The molecule has 100 valence electrons. The highest BCUT2D eigenvalue weighted by Gasteiger charge is 2.22. The first-order valence-electron chi connectivity index (χ1n) is 5.43. The summed E-state index contributed by atoms with van der Waals surface area (Å²) in [5.41, 5.74) is 6.57. The van der Waals surface area contributed by atoms with Crippen molar-refractivity contribution < 1.29 is 9.00 Å². The minimum atomic E-state index is -1.22. The van der Waals surface area contributed by atoms with Crippen molar-refractivity contribution >= 4 is 39.7 Å². The molecule has 0 aromatic heterocycles. The van der Waals surface area contributed by atoms with E-state index in [2.05, 4.69) is 5.32 Å². The average molecular weight is 289 g/mol. The number of nitrogen functional groups attached to an aromatic ring is 1. The first kappa shape index (κ1) is 15.0. The van der Waals surface area contributed by atoms with Crippen molar-refractivity contribution in [3.63, 3.8) is 0 Å². The SMILES string of the molecule is CC(C)(C)S(=O)CC(=O)Nc1ccc(Cl)c(N)c1. The summed E-state index contributed by atoms with van der Waals surface area (Å²) in [7, 11) is -1.22.